The summed E-state index contributed by atoms with van der Waals surface area (Å²) in [5.74, 6) is -1.32. The van der Waals surface area contributed by atoms with E-state index in [1.165, 1.54) is 19.3 Å². The molecule has 70 valence electrons. The molecule has 0 amide bonds. The van der Waals surface area contributed by atoms with Gasteiger partial charge in [0, 0.05) is 11.1 Å². The van der Waals surface area contributed by atoms with Crippen LogP contribution in [0.25, 0.3) is 0 Å². The Bertz CT molecular complexity index is 299. The molecule has 1 aliphatic carbocycles. The second-order valence-corrected chi connectivity index (χ2v) is 2.68. The third-order valence-corrected chi connectivity index (χ3v) is 1.87. The molecule has 0 heterocycles. The highest BCUT2D eigenvalue weighted by Gasteiger charge is 2.16. The van der Waals surface area contributed by atoms with Gasteiger partial charge in [0.25, 0.3) is 0 Å². The highest BCUT2D eigenvalue weighted by molar-refractivity contribution is 5.92. The number of methoxy groups -OCH3 is 1. The molecule has 0 saturated carbocycles. The third-order valence-electron chi connectivity index (χ3n) is 1.87. The molecule has 4 heteroatoms. The summed E-state index contributed by atoms with van der Waals surface area (Å²) < 4.78 is 4.50. The van der Waals surface area contributed by atoms with Gasteiger partial charge in [-0.3, -0.25) is 0 Å². The zero-order valence-electron chi connectivity index (χ0n) is 7.24. The Morgan fingerprint density at radius 2 is 1.85 bits per heavy atom. The lowest BCUT2D eigenvalue weighted by atomic mass is 9.99. The Kier molecular flexibility index (Phi) is 2.84. The maximum Gasteiger partial charge on any atom is 0.333 e. The van der Waals surface area contributed by atoms with E-state index in [0.717, 1.165) is 0 Å². The minimum Gasteiger partial charge on any atom is -0.478 e. The number of hydrogen-bond donors (Lipinski definition) is 1. The third kappa shape index (κ3) is 2.18. The van der Waals surface area contributed by atoms with Gasteiger partial charge in [0.1, 0.15) is 0 Å². The van der Waals surface area contributed by atoms with E-state index in [-0.39, 0.29) is 5.97 Å². The monoisotopic (exact) mass is 182 g/mol. The molecular formula is C9H10O4. The molecule has 13 heavy (non-hydrogen) atoms. The highest BCUT2D eigenvalue weighted by atomic mass is 16.5. The summed E-state index contributed by atoms with van der Waals surface area (Å²) in [7, 11) is 1.31. The van der Waals surface area contributed by atoms with Crippen molar-refractivity contribution in [1.29, 1.82) is 0 Å². The number of carboxylic acids is 1. The second kappa shape index (κ2) is 3.89. The van der Waals surface area contributed by atoms with Gasteiger partial charge in [0.05, 0.1) is 7.11 Å². The van der Waals surface area contributed by atoms with Crippen LogP contribution in [-0.4, -0.2) is 24.2 Å². The number of ether oxygens (including phenoxy) is 1. The lowest BCUT2D eigenvalue weighted by Crippen LogP contribution is -2.10. The van der Waals surface area contributed by atoms with Gasteiger partial charge in [-0.25, -0.2) is 9.59 Å². The largest absolute Gasteiger partial charge is 0.478 e. The zero-order chi connectivity index (χ0) is 9.84. The zero-order valence-corrected chi connectivity index (χ0v) is 7.24. The summed E-state index contributed by atoms with van der Waals surface area (Å²) in [6.07, 6.45) is 3.76. The molecule has 0 atom stereocenters. The molecule has 1 aliphatic rings. The Labute approximate surface area is 75.5 Å². The first-order valence-corrected chi connectivity index (χ1v) is 3.86. The van der Waals surface area contributed by atoms with E-state index in [4.69, 9.17) is 5.11 Å². The van der Waals surface area contributed by atoms with E-state index in [1.54, 1.807) is 0 Å². The number of esters is 1. The molecule has 0 aromatic carbocycles. The van der Waals surface area contributed by atoms with Crippen LogP contribution in [0.1, 0.15) is 12.8 Å². The predicted octanol–water partition coefficient (Wildman–Crippen LogP) is 0.891. The van der Waals surface area contributed by atoms with Crippen molar-refractivity contribution in [3.8, 4) is 0 Å². The fourth-order valence-corrected chi connectivity index (χ4v) is 1.12. The molecule has 0 radical (unpaired) electrons. The Morgan fingerprint density at radius 1 is 1.31 bits per heavy atom. The number of carbonyl (C=O) groups excluding carboxylic acids is 1. The van der Waals surface area contributed by atoms with Crippen LogP contribution in [0.3, 0.4) is 0 Å². The molecule has 0 saturated heterocycles. The molecule has 0 aromatic heterocycles. The minimum atomic E-state index is -0.930. The minimum absolute atomic E-state index is 0.327. The maximum absolute atomic E-state index is 11.0. The number of carbonyl (C=O) groups is 2. The Morgan fingerprint density at radius 3 is 2.23 bits per heavy atom. The molecule has 1 rings (SSSR count). The average molecular weight is 182 g/mol. The van der Waals surface area contributed by atoms with Crippen molar-refractivity contribution in [2.45, 2.75) is 12.8 Å². The van der Waals surface area contributed by atoms with Crippen molar-refractivity contribution in [3.05, 3.63) is 23.3 Å². The Hall–Kier alpha value is -1.58. The fourth-order valence-electron chi connectivity index (χ4n) is 1.12. The van der Waals surface area contributed by atoms with E-state index < -0.39 is 5.97 Å². The maximum atomic E-state index is 11.0. The lowest BCUT2D eigenvalue weighted by Gasteiger charge is -2.09. The van der Waals surface area contributed by atoms with Gasteiger partial charge in [-0.05, 0) is 12.8 Å². The van der Waals surface area contributed by atoms with Crippen molar-refractivity contribution in [1.82, 2.24) is 0 Å². The summed E-state index contributed by atoms with van der Waals surface area (Å²) >= 11 is 0. The molecule has 1 N–H and O–H groups in total. The van der Waals surface area contributed by atoms with Gasteiger partial charge in [0.15, 0.2) is 0 Å². The van der Waals surface area contributed by atoms with Crippen molar-refractivity contribution in [2.75, 3.05) is 7.11 Å². The number of rotatable bonds is 2. The SMILES string of the molecule is COC(=O)C1=CC=C(C(=O)O)CC1. The van der Waals surface area contributed by atoms with Gasteiger partial charge < -0.3 is 9.84 Å². The molecule has 0 unspecified atom stereocenters. The number of allylic oxidation sites excluding steroid dienone is 2. The van der Waals surface area contributed by atoms with Crippen LogP contribution in [0.2, 0.25) is 0 Å². The van der Waals surface area contributed by atoms with E-state index in [1.807, 2.05) is 0 Å². The van der Waals surface area contributed by atoms with Crippen LogP contribution in [-0.2, 0) is 14.3 Å². The molecule has 0 spiro atoms. The first-order chi connectivity index (χ1) is 6.15. The van der Waals surface area contributed by atoms with Crippen LogP contribution in [0.4, 0.5) is 0 Å². The summed E-state index contributed by atoms with van der Waals surface area (Å²) in [5.41, 5.74) is 0.847. The normalized spacial score (nSPS) is 15.8. The van der Waals surface area contributed by atoms with E-state index in [2.05, 4.69) is 4.74 Å². The van der Waals surface area contributed by atoms with Crippen LogP contribution in [0.15, 0.2) is 23.3 Å². The number of hydrogen-bond acceptors (Lipinski definition) is 3. The van der Waals surface area contributed by atoms with Gasteiger partial charge in [-0.15, -0.1) is 0 Å². The topological polar surface area (TPSA) is 63.6 Å². The van der Waals surface area contributed by atoms with Crippen LogP contribution >= 0.6 is 0 Å². The van der Waals surface area contributed by atoms with Gasteiger partial charge in [-0.2, -0.15) is 0 Å². The lowest BCUT2D eigenvalue weighted by molar-refractivity contribution is -0.136. The number of carboxylic acid groups (broad SMARTS) is 1. The smallest absolute Gasteiger partial charge is 0.333 e. The molecule has 0 aromatic rings. The quantitative estimate of drug-likeness (QED) is 0.644. The van der Waals surface area contributed by atoms with Gasteiger partial charge in [-0.1, -0.05) is 12.2 Å². The second-order valence-electron chi connectivity index (χ2n) is 2.68. The van der Waals surface area contributed by atoms with Crippen molar-refractivity contribution >= 4 is 11.9 Å². The summed E-state index contributed by atoms with van der Waals surface area (Å²) in [4.78, 5) is 21.5. The van der Waals surface area contributed by atoms with Crippen LogP contribution in [0, 0.1) is 0 Å². The molecular weight excluding hydrogens is 172 g/mol. The summed E-state index contributed by atoms with van der Waals surface area (Å²) in [5, 5.41) is 8.61. The first kappa shape index (κ1) is 9.51. The first-order valence-electron chi connectivity index (χ1n) is 3.86. The van der Waals surface area contributed by atoms with Crippen molar-refractivity contribution < 1.29 is 19.4 Å². The van der Waals surface area contributed by atoms with E-state index in [9.17, 15) is 9.59 Å². The van der Waals surface area contributed by atoms with E-state index in [0.29, 0.717) is 24.0 Å². The summed E-state index contributed by atoms with van der Waals surface area (Å²) in [6.45, 7) is 0. The van der Waals surface area contributed by atoms with Crippen LogP contribution in [0.5, 0.6) is 0 Å². The fraction of sp³-hybridized carbons (Fsp3) is 0.333. The Balaban J connectivity index is 2.76. The molecule has 4 nitrogen and oxygen atoms in total. The molecule has 0 bridgehead atoms. The predicted molar refractivity (Wildman–Crippen MR) is 45.1 cm³/mol. The average Bonchev–Trinajstić information content (AvgIpc) is 2.17. The van der Waals surface area contributed by atoms with Gasteiger partial charge in [0.2, 0.25) is 0 Å². The van der Waals surface area contributed by atoms with E-state index >= 15 is 0 Å². The molecule has 0 aliphatic heterocycles. The van der Waals surface area contributed by atoms with Gasteiger partial charge >= 0.3 is 11.9 Å². The van der Waals surface area contributed by atoms with Crippen molar-refractivity contribution in [2.24, 2.45) is 0 Å². The standard InChI is InChI=1S/C9H10O4/c1-13-9(12)7-4-2-6(3-5-7)8(10)11/h2,4H,3,5H2,1H3,(H,10,11). The molecule has 0 fully saturated rings. The number of aliphatic carboxylic acids is 1. The van der Waals surface area contributed by atoms with Crippen molar-refractivity contribution in [3.63, 3.8) is 0 Å². The highest BCUT2D eigenvalue weighted by Crippen LogP contribution is 2.18. The summed E-state index contributed by atoms with van der Waals surface area (Å²) in [6, 6.07) is 0. The van der Waals surface area contributed by atoms with Crippen LogP contribution < -0.4 is 0 Å².